The quantitative estimate of drug-likeness (QED) is 0.692. The lowest BCUT2D eigenvalue weighted by molar-refractivity contribution is 0.0525. The zero-order chi connectivity index (χ0) is 16.3. The largest absolute Gasteiger partial charge is 0.507 e. The maximum absolute atomic E-state index is 12.5. The topological polar surface area (TPSA) is 76.5 Å². The molecule has 6 heteroatoms. The second-order valence-corrected chi connectivity index (χ2v) is 5.00. The number of aryl methyl sites for hydroxylation is 1. The maximum Gasteiger partial charge on any atom is 0.339 e. The molecule has 0 fully saturated rings. The number of hydrogen-bond acceptors (Lipinski definition) is 5. The summed E-state index contributed by atoms with van der Waals surface area (Å²) in [6, 6.07) is 5.58. The van der Waals surface area contributed by atoms with Crippen LogP contribution < -0.4 is 0 Å². The summed E-state index contributed by atoms with van der Waals surface area (Å²) in [6.07, 6.45) is 1.35. The van der Waals surface area contributed by atoms with Crippen LogP contribution in [0.3, 0.4) is 0 Å². The molecule has 22 heavy (non-hydrogen) atoms. The number of rotatable bonds is 4. The summed E-state index contributed by atoms with van der Waals surface area (Å²) in [6.45, 7) is 3.57. The van der Waals surface area contributed by atoms with Crippen LogP contribution in [-0.2, 0) is 4.74 Å². The Morgan fingerprint density at radius 3 is 2.68 bits per heavy atom. The molecule has 1 aromatic heterocycles. The van der Waals surface area contributed by atoms with E-state index in [-0.39, 0.29) is 29.0 Å². The molecule has 0 bridgehead atoms. The highest BCUT2D eigenvalue weighted by Crippen LogP contribution is 2.24. The minimum Gasteiger partial charge on any atom is -0.507 e. The number of phenols is 1. The third-order valence-electron chi connectivity index (χ3n) is 3.05. The van der Waals surface area contributed by atoms with Crippen molar-refractivity contribution in [3.63, 3.8) is 0 Å². The van der Waals surface area contributed by atoms with Gasteiger partial charge in [-0.3, -0.25) is 9.78 Å². The molecule has 2 rings (SSSR count). The molecule has 0 spiro atoms. The summed E-state index contributed by atoms with van der Waals surface area (Å²) >= 11 is 5.84. The fourth-order valence-electron chi connectivity index (χ4n) is 1.92. The van der Waals surface area contributed by atoms with Gasteiger partial charge in [0.1, 0.15) is 5.75 Å². The van der Waals surface area contributed by atoms with Gasteiger partial charge in [0.25, 0.3) is 0 Å². The molecule has 1 N–H and O–H groups in total. The highest BCUT2D eigenvalue weighted by Gasteiger charge is 2.18. The third kappa shape index (κ3) is 3.26. The summed E-state index contributed by atoms with van der Waals surface area (Å²) in [5.41, 5.74) is 0.902. The van der Waals surface area contributed by atoms with E-state index in [1.807, 2.05) is 0 Å². The predicted molar refractivity (Wildman–Crippen MR) is 81.5 cm³/mol. The Balaban J connectivity index is 2.44. The number of aromatic nitrogens is 1. The van der Waals surface area contributed by atoms with Gasteiger partial charge in [-0.1, -0.05) is 11.6 Å². The van der Waals surface area contributed by atoms with E-state index in [0.29, 0.717) is 10.7 Å². The van der Waals surface area contributed by atoms with E-state index in [2.05, 4.69) is 4.98 Å². The van der Waals surface area contributed by atoms with Gasteiger partial charge in [0.2, 0.25) is 0 Å². The van der Waals surface area contributed by atoms with Crippen molar-refractivity contribution >= 4 is 23.4 Å². The first-order valence-corrected chi connectivity index (χ1v) is 6.98. The predicted octanol–water partition coefficient (Wildman–Crippen LogP) is 3.16. The molecule has 1 heterocycles. The van der Waals surface area contributed by atoms with Gasteiger partial charge >= 0.3 is 5.97 Å². The fraction of sp³-hybridized carbons (Fsp3) is 0.188. The minimum atomic E-state index is -0.544. The first-order valence-electron chi connectivity index (χ1n) is 6.61. The van der Waals surface area contributed by atoms with Gasteiger partial charge in [-0.05, 0) is 38.1 Å². The van der Waals surface area contributed by atoms with Gasteiger partial charge in [-0.15, -0.1) is 0 Å². The summed E-state index contributed by atoms with van der Waals surface area (Å²) in [5, 5.41) is 10.1. The van der Waals surface area contributed by atoms with E-state index in [1.54, 1.807) is 13.8 Å². The lowest BCUT2D eigenvalue weighted by Gasteiger charge is -2.08. The SMILES string of the molecule is CCOC(=O)c1cc(C(=O)c2cc(Cl)ccc2O)cnc1C. The van der Waals surface area contributed by atoms with Gasteiger partial charge in [0.05, 0.1) is 23.4 Å². The molecule has 0 aliphatic carbocycles. The van der Waals surface area contributed by atoms with Crippen molar-refractivity contribution in [3.05, 3.63) is 57.9 Å². The van der Waals surface area contributed by atoms with Crippen molar-refractivity contribution in [3.8, 4) is 5.75 Å². The van der Waals surface area contributed by atoms with Gasteiger partial charge in [0, 0.05) is 16.8 Å². The van der Waals surface area contributed by atoms with E-state index in [0.717, 1.165) is 0 Å². The molecule has 0 atom stereocenters. The van der Waals surface area contributed by atoms with Crippen LogP contribution >= 0.6 is 11.6 Å². The van der Waals surface area contributed by atoms with Crippen LogP contribution in [0.4, 0.5) is 0 Å². The van der Waals surface area contributed by atoms with Crippen LogP contribution in [0.1, 0.15) is 38.9 Å². The molecule has 0 saturated carbocycles. The zero-order valence-electron chi connectivity index (χ0n) is 12.1. The number of carbonyl (C=O) groups excluding carboxylic acids is 2. The van der Waals surface area contributed by atoms with Crippen LogP contribution in [0.2, 0.25) is 5.02 Å². The smallest absolute Gasteiger partial charge is 0.339 e. The number of pyridine rings is 1. The van der Waals surface area contributed by atoms with Gasteiger partial charge in [0.15, 0.2) is 5.78 Å². The number of esters is 1. The molecule has 1 aromatic carbocycles. The lowest BCUT2D eigenvalue weighted by atomic mass is 10.0. The molecule has 0 aliphatic rings. The number of nitrogens with zero attached hydrogens (tertiary/aromatic N) is 1. The number of ketones is 1. The second kappa shape index (κ2) is 6.58. The molecular weight excluding hydrogens is 306 g/mol. The van der Waals surface area contributed by atoms with E-state index < -0.39 is 11.8 Å². The van der Waals surface area contributed by atoms with Crippen molar-refractivity contribution in [2.24, 2.45) is 0 Å². The highest BCUT2D eigenvalue weighted by atomic mass is 35.5. The Kier molecular flexibility index (Phi) is 4.78. The molecule has 5 nitrogen and oxygen atoms in total. The van der Waals surface area contributed by atoms with Crippen LogP contribution in [0.15, 0.2) is 30.5 Å². The van der Waals surface area contributed by atoms with E-state index in [4.69, 9.17) is 16.3 Å². The Morgan fingerprint density at radius 1 is 1.27 bits per heavy atom. The van der Waals surface area contributed by atoms with Crippen molar-refractivity contribution in [1.82, 2.24) is 4.98 Å². The van der Waals surface area contributed by atoms with E-state index in [1.165, 1.54) is 30.5 Å². The Morgan fingerprint density at radius 2 is 2.00 bits per heavy atom. The summed E-state index contributed by atoms with van der Waals surface area (Å²) < 4.78 is 4.93. The summed E-state index contributed by atoms with van der Waals surface area (Å²) in [4.78, 5) is 28.4. The maximum atomic E-state index is 12.5. The lowest BCUT2D eigenvalue weighted by Crippen LogP contribution is -2.11. The molecule has 0 radical (unpaired) electrons. The zero-order valence-corrected chi connectivity index (χ0v) is 12.8. The number of carbonyl (C=O) groups is 2. The highest BCUT2D eigenvalue weighted by molar-refractivity contribution is 6.31. The van der Waals surface area contributed by atoms with Gasteiger partial charge in [-0.2, -0.15) is 0 Å². The van der Waals surface area contributed by atoms with Crippen molar-refractivity contribution in [2.75, 3.05) is 6.61 Å². The molecule has 114 valence electrons. The van der Waals surface area contributed by atoms with Gasteiger partial charge in [-0.25, -0.2) is 4.79 Å². The van der Waals surface area contributed by atoms with Crippen LogP contribution in [-0.4, -0.2) is 28.4 Å². The van der Waals surface area contributed by atoms with Crippen molar-refractivity contribution in [1.29, 1.82) is 0 Å². The van der Waals surface area contributed by atoms with Crippen molar-refractivity contribution < 1.29 is 19.4 Å². The number of phenolic OH excluding ortho intramolecular Hbond substituents is 1. The molecule has 0 unspecified atom stereocenters. The average Bonchev–Trinajstić information content (AvgIpc) is 2.49. The first-order chi connectivity index (χ1) is 10.4. The van der Waals surface area contributed by atoms with E-state index >= 15 is 0 Å². The van der Waals surface area contributed by atoms with Crippen molar-refractivity contribution in [2.45, 2.75) is 13.8 Å². The Bertz CT molecular complexity index is 743. The molecule has 0 saturated heterocycles. The van der Waals surface area contributed by atoms with Gasteiger partial charge < -0.3 is 9.84 Å². The third-order valence-corrected chi connectivity index (χ3v) is 3.28. The van der Waals surface area contributed by atoms with Crippen LogP contribution in [0.5, 0.6) is 5.75 Å². The van der Waals surface area contributed by atoms with Crippen LogP contribution in [0, 0.1) is 6.92 Å². The molecule has 0 aliphatic heterocycles. The average molecular weight is 320 g/mol. The number of halogens is 1. The van der Waals surface area contributed by atoms with E-state index in [9.17, 15) is 14.7 Å². The standard InChI is InChI=1S/C16H14ClNO4/c1-3-22-16(21)12-6-10(8-18-9(12)2)15(20)13-7-11(17)4-5-14(13)19/h4-8,19H,3H2,1-2H3. The summed E-state index contributed by atoms with van der Waals surface area (Å²) in [7, 11) is 0. The number of aromatic hydroxyl groups is 1. The number of ether oxygens (including phenoxy) is 1. The second-order valence-electron chi connectivity index (χ2n) is 4.57. The number of benzene rings is 1. The molecular formula is C16H14ClNO4. The first kappa shape index (κ1) is 16.0. The van der Waals surface area contributed by atoms with Crippen LogP contribution in [0.25, 0.3) is 0 Å². The number of hydrogen-bond donors (Lipinski definition) is 1. The Labute approximate surface area is 132 Å². The monoisotopic (exact) mass is 319 g/mol. The summed E-state index contributed by atoms with van der Waals surface area (Å²) in [5.74, 6) is -1.21. The minimum absolute atomic E-state index is 0.0490. The Hall–Kier alpha value is -2.40. The molecule has 2 aromatic rings. The normalized spacial score (nSPS) is 10.3. The fourth-order valence-corrected chi connectivity index (χ4v) is 2.09. The molecule has 0 amide bonds.